The number of rotatable bonds is 1. The van der Waals surface area contributed by atoms with Gasteiger partial charge in [-0.3, -0.25) is 9.78 Å². The fourth-order valence-corrected chi connectivity index (χ4v) is 2.98. The third-order valence-corrected chi connectivity index (χ3v) is 4.40. The molecule has 0 radical (unpaired) electrons. The van der Waals surface area contributed by atoms with E-state index < -0.39 is 6.10 Å². The van der Waals surface area contributed by atoms with Gasteiger partial charge < -0.3 is 14.7 Å². The second-order valence-electron chi connectivity index (χ2n) is 6.19. The molecule has 0 bridgehead atoms. The molecule has 0 aliphatic carbocycles. The first-order chi connectivity index (χ1) is 11.0. The van der Waals surface area contributed by atoms with Gasteiger partial charge in [-0.25, -0.2) is 0 Å². The van der Waals surface area contributed by atoms with E-state index in [2.05, 4.69) is 4.98 Å². The van der Waals surface area contributed by atoms with E-state index >= 15 is 0 Å². The quantitative estimate of drug-likeness (QED) is 0.874. The smallest absolute Gasteiger partial charge is 0.254 e. The van der Waals surface area contributed by atoms with Crippen molar-refractivity contribution in [3.05, 3.63) is 40.6 Å². The van der Waals surface area contributed by atoms with E-state index in [-0.39, 0.29) is 12.5 Å². The molecule has 122 valence electrons. The number of hydrogen-bond donors (Lipinski definition) is 1. The molecule has 1 aromatic carbocycles. The number of aromatic nitrogens is 1. The van der Waals surface area contributed by atoms with Crippen LogP contribution in [0.3, 0.4) is 0 Å². The molecule has 5 nitrogen and oxygen atoms in total. The highest BCUT2D eigenvalue weighted by atomic mass is 16.5. The van der Waals surface area contributed by atoms with Crippen LogP contribution in [0.1, 0.15) is 27.2 Å². The molecule has 1 aliphatic heterocycles. The third-order valence-electron chi connectivity index (χ3n) is 4.40. The van der Waals surface area contributed by atoms with Crippen molar-refractivity contribution in [1.82, 2.24) is 9.88 Å². The van der Waals surface area contributed by atoms with Gasteiger partial charge in [0.25, 0.3) is 5.91 Å². The number of β-amino-alcohol motifs (C(OH)–C–C–N with tert-alkyl or cyclic N) is 1. The Hall–Kier alpha value is -1.98. The summed E-state index contributed by atoms with van der Waals surface area (Å²) in [6.45, 7) is 7.49. The van der Waals surface area contributed by atoms with Crippen LogP contribution in [0.5, 0.6) is 0 Å². The van der Waals surface area contributed by atoms with Gasteiger partial charge in [0.15, 0.2) is 0 Å². The van der Waals surface area contributed by atoms with Crippen LogP contribution >= 0.6 is 0 Å². The lowest BCUT2D eigenvalue weighted by Gasteiger charge is -2.22. The van der Waals surface area contributed by atoms with Crippen LogP contribution in [0, 0.1) is 20.8 Å². The van der Waals surface area contributed by atoms with Gasteiger partial charge in [0.1, 0.15) is 0 Å². The number of amides is 1. The molecule has 2 heterocycles. The Kier molecular flexibility index (Phi) is 4.33. The molecule has 3 rings (SSSR count). The fraction of sp³-hybridized carbons (Fsp3) is 0.444. The molecule has 1 fully saturated rings. The van der Waals surface area contributed by atoms with Crippen LogP contribution in [-0.2, 0) is 4.74 Å². The molecule has 1 aromatic heterocycles. The highest BCUT2D eigenvalue weighted by Crippen LogP contribution is 2.25. The minimum absolute atomic E-state index is 0.0756. The number of carbonyl (C=O) groups excluding carboxylic acids is 1. The summed E-state index contributed by atoms with van der Waals surface area (Å²) in [5, 5.41) is 10.7. The number of aliphatic hydroxyl groups is 1. The molecule has 1 saturated heterocycles. The van der Waals surface area contributed by atoms with Crippen molar-refractivity contribution < 1.29 is 14.6 Å². The van der Waals surface area contributed by atoms with Gasteiger partial charge in [0.05, 0.1) is 30.4 Å². The molecule has 0 saturated carbocycles. The third kappa shape index (κ3) is 3.07. The van der Waals surface area contributed by atoms with E-state index in [1.165, 1.54) is 0 Å². The van der Waals surface area contributed by atoms with E-state index in [0.29, 0.717) is 25.3 Å². The van der Waals surface area contributed by atoms with Crippen LogP contribution in [0.4, 0.5) is 0 Å². The zero-order chi connectivity index (χ0) is 16.6. The van der Waals surface area contributed by atoms with Crippen LogP contribution in [0.15, 0.2) is 18.2 Å². The summed E-state index contributed by atoms with van der Waals surface area (Å²) in [4.78, 5) is 19.3. The Bertz CT molecular complexity index is 758. The summed E-state index contributed by atoms with van der Waals surface area (Å²) in [6.07, 6.45) is -0.639. The Morgan fingerprint density at radius 1 is 1.35 bits per heavy atom. The standard InChI is InChI=1S/C18H22N2O3/c1-11-4-5-15-16(8-12(2)19-17(15)13(11)3)18(22)20-6-7-23-10-14(21)9-20/h4-5,8,14,21H,6-7,9-10H2,1-3H3. The highest BCUT2D eigenvalue weighted by molar-refractivity contribution is 6.07. The van der Waals surface area contributed by atoms with Crippen molar-refractivity contribution in [1.29, 1.82) is 0 Å². The highest BCUT2D eigenvalue weighted by Gasteiger charge is 2.24. The fourth-order valence-electron chi connectivity index (χ4n) is 2.98. The number of hydrogen-bond acceptors (Lipinski definition) is 4. The normalized spacial score (nSPS) is 19.0. The van der Waals surface area contributed by atoms with Gasteiger partial charge in [-0.2, -0.15) is 0 Å². The molecule has 1 amide bonds. The van der Waals surface area contributed by atoms with Crippen LogP contribution in [0.2, 0.25) is 0 Å². The number of nitrogens with zero attached hydrogens (tertiary/aromatic N) is 2. The SMILES string of the molecule is Cc1cc(C(=O)N2CCOCC(O)C2)c2ccc(C)c(C)c2n1. The summed E-state index contributed by atoms with van der Waals surface area (Å²) >= 11 is 0. The van der Waals surface area contributed by atoms with Crippen molar-refractivity contribution in [2.45, 2.75) is 26.9 Å². The van der Waals surface area contributed by atoms with Crippen LogP contribution in [-0.4, -0.2) is 53.3 Å². The topological polar surface area (TPSA) is 62.7 Å². The van der Waals surface area contributed by atoms with E-state index in [1.54, 1.807) is 4.90 Å². The minimum Gasteiger partial charge on any atom is -0.389 e. The molecular formula is C18H22N2O3. The lowest BCUT2D eigenvalue weighted by atomic mass is 10.00. The van der Waals surface area contributed by atoms with Crippen molar-refractivity contribution >= 4 is 16.8 Å². The van der Waals surface area contributed by atoms with Gasteiger partial charge in [0, 0.05) is 24.2 Å². The number of carbonyl (C=O) groups is 1. The lowest BCUT2D eigenvalue weighted by molar-refractivity contribution is 0.0535. The molecule has 2 aromatic rings. The first-order valence-corrected chi connectivity index (χ1v) is 7.90. The average Bonchev–Trinajstić information content (AvgIpc) is 2.74. The first-order valence-electron chi connectivity index (χ1n) is 7.90. The molecule has 1 unspecified atom stereocenters. The van der Waals surface area contributed by atoms with Gasteiger partial charge in [-0.05, 0) is 38.0 Å². The largest absolute Gasteiger partial charge is 0.389 e. The number of pyridine rings is 1. The van der Waals surface area contributed by atoms with Gasteiger partial charge in [-0.1, -0.05) is 12.1 Å². The molecule has 1 atom stereocenters. The number of benzene rings is 1. The zero-order valence-corrected chi connectivity index (χ0v) is 13.8. The number of aryl methyl sites for hydroxylation is 3. The lowest BCUT2D eigenvalue weighted by Crippen LogP contribution is -2.37. The molecule has 23 heavy (non-hydrogen) atoms. The maximum atomic E-state index is 13.0. The van der Waals surface area contributed by atoms with Gasteiger partial charge in [0.2, 0.25) is 0 Å². The number of aliphatic hydroxyl groups excluding tert-OH is 1. The van der Waals surface area contributed by atoms with E-state index in [9.17, 15) is 9.90 Å². The molecular weight excluding hydrogens is 292 g/mol. The zero-order valence-electron chi connectivity index (χ0n) is 13.8. The van der Waals surface area contributed by atoms with Crippen molar-refractivity contribution in [2.24, 2.45) is 0 Å². The van der Waals surface area contributed by atoms with Gasteiger partial charge in [-0.15, -0.1) is 0 Å². The number of ether oxygens (including phenoxy) is 1. The average molecular weight is 314 g/mol. The predicted octanol–water partition coefficient (Wildman–Crippen LogP) is 1.99. The second kappa shape index (κ2) is 6.26. The van der Waals surface area contributed by atoms with Crippen LogP contribution < -0.4 is 0 Å². The summed E-state index contributed by atoms with van der Waals surface area (Å²) in [6, 6.07) is 5.81. The summed E-state index contributed by atoms with van der Waals surface area (Å²) in [5.41, 5.74) is 4.60. The Labute approximate surface area is 135 Å². The Balaban J connectivity index is 2.08. The van der Waals surface area contributed by atoms with Crippen molar-refractivity contribution in [3.8, 4) is 0 Å². The van der Waals surface area contributed by atoms with Crippen molar-refractivity contribution in [2.75, 3.05) is 26.3 Å². The monoisotopic (exact) mass is 314 g/mol. The molecule has 5 heteroatoms. The summed E-state index contributed by atoms with van der Waals surface area (Å²) < 4.78 is 5.31. The summed E-state index contributed by atoms with van der Waals surface area (Å²) in [7, 11) is 0. The Morgan fingerprint density at radius 3 is 2.91 bits per heavy atom. The predicted molar refractivity (Wildman–Crippen MR) is 88.7 cm³/mol. The second-order valence-corrected chi connectivity index (χ2v) is 6.19. The first kappa shape index (κ1) is 15.9. The minimum atomic E-state index is -0.639. The van der Waals surface area contributed by atoms with E-state index in [0.717, 1.165) is 27.7 Å². The van der Waals surface area contributed by atoms with Crippen molar-refractivity contribution in [3.63, 3.8) is 0 Å². The van der Waals surface area contributed by atoms with Crippen LogP contribution in [0.25, 0.3) is 10.9 Å². The molecule has 0 spiro atoms. The molecule has 1 aliphatic rings. The Morgan fingerprint density at radius 2 is 2.13 bits per heavy atom. The van der Waals surface area contributed by atoms with E-state index in [1.807, 2.05) is 39.0 Å². The maximum Gasteiger partial charge on any atom is 0.254 e. The number of fused-ring (bicyclic) bond motifs is 1. The molecule has 1 N–H and O–H groups in total. The van der Waals surface area contributed by atoms with E-state index in [4.69, 9.17) is 4.74 Å². The maximum absolute atomic E-state index is 13.0. The van der Waals surface area contributed by atoms with Gasteiger partial charge >= 0.3 is 0 Å². The summed E-state index contributed by atoms with van der Waals surface area (Å²) in [5.74, 6) is -0.0756.